The first-order valence-electron chi connectivity index (χ1n) is 3.74. The van der Waals surface area contributed by atoms with Gasteiger partial charge in [0, 0.05) is 18.6 Å². The van der Waals surface area contributed by atoms with Crippen molar-refractivity contribution in [3.63, 3.8) is 0 Å². The van der Waals surface area contributed by atoms with Crippen LogP contribution >= 0.6 is 15.9 Å². The van der Waals surface area contributed by atoms with Crippen molar-refractivity contribution in [3.8, 4) is 5.88 Å². The molecule has 0 N–H and O–H groups in total. The van der Waals surface area contributed by atoms with E-state index in [4.69, 9.17) is 4.74 Å². The average Bonchev–Trinajstić information content (AvgIpc) is 2.42. The van der Waals surface area contributed by atoms with Crippen molar-refractivity contribution in [1.82, 2.24) is 14.8 Å². The molecule has 0 aliphatic heterocycles. The molecular weight excluding hydrogens is 234 g/mol. The van der Waals surface area contributed by atoms with Crippen molar-refractivity contribution in [2.24, 2.45) is 7.05 Å². The number of hydrogen-bond acceptors (Lipinski definition) is 3. The molecule has 0 amide bonds. The Morgan fingerprint density at radius 1 is 1.54 bits per heavy atom. The maximum Gasteiger partial charge on any atom is 0.229 e. The van der Waals surface area contributed by atoms with Crippen LogP contribution in [0.15, 0.2) is 16.7 Å². The van der Waals surface area contributed by atoms with Crippen LogP contribution < -0.4 is 4.74 Å². The van der Waals surface area contributed by atoms with Crippen LogP contribution in [0, 0.1) is 0 Å². The van der Waals surface area contributed by atoms with Gasteiger partial charge < -0.3 is 4.74 Å². The molecule has 0 atom stereocenters. The van der Waals surface area contributed by atoms with E-state index >= 15 is 0 Å². The van der Waals surface area contributed by atoms with Crippen molar-refractivity contribution in [2.45, 2.75) is 0 Å². The lowest BCUT2D eigenvalue weighted by Crippen LogP contribution is -1.90. The van der Waals surface area contributed by atoms with Gasteiger partial charge in [-0.1, -0.05) is 0 Å². The number of ether oxygens (including phenoxy) is 1. The second-order valence-electron chi connectivity index (χ2n) is 2.70. The highest BCUT2D eigenvalue weighted by Gasteiger charge is 2.06. The quantitative estimate of drug-likeness (QED) is 0.764. The standard InChI is InChI=1S/C8H8BrN3O/c1-12-4-5-3-6(9)8(13-2)10-7(5)11-12/h3-4H,1-2H3. The van der Waals surface area contributed by atoms with Crippen LogP contribution in [0.4, 0.5) is 0 Å². The summed E-state index contributed by atoms with van der Waals surface area (Å²) in [5.41, 5.74) is 0.697. The van der Waals surface area contributed by atoms with E-state index in [9.17, 15) is 0 Å². The van der Waals surface area contributed by atoms with E-state index in [1.807, 2.05) is 19.3 Å². The van der Waals surface area contributed by atoms with E-state index in [1.54, 1.807) is 11.8 Å². The molecule has 2 aromatic rings. The summed E-state index contributed by atoms with van der Waals surface area (Å²) in [4.78, 5) is 4.21. The third-order valence-corrected chi connectivity index (χ3v) is 2.29. The molecule has 0 radical (unpaired) electrons. The summed E-state index contributed by atoms with van der Waals surface area (Å²) in [6.45, 7) is 0. The number of fused-ring (bicyclic) bond motifs is 1. The number of methoxy groups -OCH3 is 1. The number of hydrogen-bond donors (Lipinski definition) is 0. The fourth-order valence-electron chi connectivity index (χ4n) is 1.17. The van der Waals surface area contributed by atoms with E-state index in [1.165, 1.54) is 0 Å². The van der Waals surface area contributed by atoms with Gasteiger partial charge in [0.15, 0.2) is 5.65 Å². The molecule has 0 bridgehead atoms. The Hall–Kier alpha value is -1.10. The molecule has 13 heavy (non-hydrogen) atoms. The van der Waals surface area contributed by atoms with Gasteiger partial charge in [-0.3, -0.25) is 4.68 Å². The minimum absolute atomic E-state index is 0.561. The number of pyridine rings is 1. The minimum atomic E-state index is 0.561. The normalized spacial score (nSPS) is 10.7. The van der Waals surface area contributed by atoms with Gasteiger partial charge in [-0.15, -0.1) is 0 Å². The van der Waals surface area contributed by atoms with Crippen molar-refractivity contribution in [3.05, 3.63) is 16.7 Å². The third-order valence-electron chi connectivity index (χ3n) is 1.72. The fraction of sp³-hybridized carbons (Fsp3) is 0.250. The zero-order valence-corrected chi connectivity index (χ0v) is 8.87. The predicted octanol–water partition coefficient (Wildman–Crippen LogP) is 1.74. The van der Waals surface area contributed by atoms with Crippen LogP contribution in [0.3, 0.4) is 0 Å². The Kier molecular flexibility index (Phi) is 1.95. The Morgan fingerprint density at radius 3 is 3.00 bits per heavy atom. The van der Waals surface area contributed by atoms with Crippen LogP contribution in [0.2, 0.25) is 0 Å². The molecule has 5 heteroatoms. The van der Waals surface area contributed by atoms with E-state index in [2.05, 4.69) is 26.0 Å². The van der Waals surface area contributed by atoms with E-state index < -0.39 is 0 Å². The fourth-order valence-corrected chi connectivity index (χ4v) is 1.67. The number of rotatable bonds is 1. The Balaban J connectivity index is 2.72. The van der Waals surface area contributed by atoms with Gasteiger partial charge in [0.2, 0.25) is 5.88 Å². The van der Waals surface area contributed by atoms with Gasteiger partial charge in [0.1, 0.15) is 0 Å². The average molecular weight is 242 g/mol. The summed E-state index contributed by atoms with van der Waals surface area (Å²) < 4.78 is 7.62. The van der Waals surface area contributed by atoms with Gasteiger partial charge >= 0.3 is 0 Å². The Bertz CT molecular complexity index is 452. The molecule has 4 nitrogen and oxygen atoms in total. The molecule has 0 aliphatic rings. The largest absolute Gasteiger partial charge is 0.480 e. The number of nitrogens with zero attached hydrogens (tertiary/aromatic N) is 3. The minimum Gasteiger partial charge on any atom is -0.480 e. The monoisotopic (exact) mass is 241 g/mol. The predicted molar refractivity (Wildman–Crippen MR) is 52.8 cm³/mol. The smallest absolute Gasteiger partial charge is 0.229 e. The van der Waals surface area contributed by atoms with Crippen LogP contribution in [0.5, 0.6) is 5.88 Å². The van der Waals surface area contributed by atoms with E-state index in [-0.39, 0.29) is 0 Å². The van der Waals surface area contributed by atoms with Gasteiger partial charge in [-0.25, -0.2) is 0 Å². The zero-order valence-electron chi connectivity index (χ0n) is 7.28. The van der Waals surface area contributed by atoms with Crippen molar-refractivity contribution < 1.29 is 4.74 Å². The highest BCUT2D eigenvalue weighted by atomic mass is 79.9. The van der Waals surface area contributed by atoms with Crippen LogP contribution in [0.25, 0.3) is 11.0 Å². The summed E-state index contributed by atoms with van der Waals surface area (Å²) in [5, 5.41) is 5.16. The van der Waals surface area contributed by atoms with Gasteiger partial charge in [-0.2, -0.15) is 10.1 Å². The Morgan fingerprint density at radius 2 is 2.31 bits per heavy atom. The highest BCUT2D eigenvalue weighted by Crippen LogP contribution is 2.25. The summed E-state index contributed by atoms with van der Waals surface area (Å²) in [6.07, 6.45) is 1.91. The van der Waals surface area contributed by atoms with Crippen molar-refractivity contribution in [2.75, 3.05) is 7.11 Å². The first-order chi connectivity index (χ1) is 6.20. The lowest BCUT2D eigenvalue weighted by atomic mass is 10.3. The first-order valence-corrected chi connectivity index (χ1v) is 4.54. The van der Waals surface area contributed by atoms with Crippen LogP contribution in [-0.2, 0) is 7.05 Å². The summed E-state index contributed by atoms with van der Waals surface area (Å²) in [7, 11) is 3.45. The molecule has 68 valence electrons. The van der Waals surface area contributed by atoms with Gasteiger partial charge in [0.25, 0.3) is 0 Å². The van der Waals surface area contributed by atoms with Crippen LogP contribution in [0.1, 0.15) is 0 Å². The molecule has 2 heterocycles. The summed E-state index contributed by atoms with van der Waals surface area (Å²) >= 11 is 3.36. The van der Waals surface area contributed by atoms with Crippen molar-refractivity contribution >= 4 is 27.0 Å². The van der Waals surface area contributed by atoms with E-state index in [0.717, 1.165) is 9.86 Å². The lowest BCUT2D eigenvalue weighted by molar-refractivity contribution is 0.396. The molecule has 2 aromatic heterocycles. The second-order valence-corrected chi connectivity index (χ2v) is 3.55. The number of halogens is 1. The molecule has 2 rings (SSSR count). The molecule has 0 unspecified atom stereocenters. The highest BCUT2D eigenvalue weighted by molar-refractivity contribution is 9.10. The maximum atomic E-state index is 5.06. The Labute approximate surface area is 83.7 Å². The summed E-state index contributed by atoms with van der Waals surface area (Å²) in [5.74, 6) is 0.561. The lowest BCUT2D eigenvalue weighted by Gasteiger charge is -1.99. The molecule has 0 saturated heterocycles. The molecule has 0 aliphatic carbocycles. The molecular formula is C8H8BrN3O. The first kappa shape index (κ1) is 8.50. The topological polar surface area (TPSA) is 39.9 Å². The maximum absolute atomic E-state index is 5.06. The number of aryl methyl sites for hydroxylation is 1. The molecule has 0 aromatic carbocycles. The van der Waals surface area contributed by atoms with Crippen molar-refractivity contribution in [1.29, 1.82) is 0 Å². The third kappa shape index (κ3) is 1.39. The molecule has 0 spiro atoms. The van der Waals surface area contributed by atoms with E-state index in [0.29, 0.717) is 11.5 Å². The molecule has 0 saturated carbocycles. The van der Waals surface area contributed by atoms with Gasteiger partial charge in [0.05, 0.1) is 11.6 Å². The second kappa shape index (κ2) is 2.99. The SMILES string of the molecule is COc1nc2nn(C)cc2cc1Br. The summed E-state index contributed by atoms with van der Waals surface area (Å²) in [6, 6.07) is 1.94. The van der Waals surface area contributed by atoms with Crippen LogP contribution in [-0.4, -0.2) is 21.9 Å². The zero-order chi connectivity index (χ0) is 9.42. The van der Waals surface area contributed by atoms with Gasteiger partial charge in [-0.05, 0) is 22.0 Å². The molecule has 0 fully saturated rings. The number of aromatic nitrogens is 3.